The quantitative estimate of drug-likeness (QED) is 0.774. The number of nitrogen functional groups attached to an aromatic ring is 1. The molecule has 0 unspecified atom stereocenters. The van der Waals surface area contributed by atoms with Crippen molar-refractivity contribution >= 4 is 11.7 Å². The van der Waals surface area contributed by atoms with E-state index in [0.29, 0.717) is 31.9 Å². The number of nitrogens with zero attached hydrogens (tertiary/aromatic N) is 4. The summed E-state index contributed by atoms with van der Waals surface area (Å²) in [5.41, 5.74) is 10.2. The molecular weight excluding hydrogens is 345 g/mol. The summed E-state index contributed by atoms with van der Waals surface area (Å²) in [5, 5.41) is 4.77. The van der Waals surface area contributed by atoms with Crippen molar-refractivity contribution in [1.29, 1.82) is 0 Å². The van der Waals surface area contributed by atoms with E-state index in [1.807, 2.05) is 22.6 Å². The molecule has 0 aliphatic carbocycles. The van der Waals surface area contributed by atoms with Gasteiger partial charge in [0.05, 0.1) is 18.8 Å². The van der Waals surface area contributed by atoms with Gasteiger partial charge in [0.2, 0.25) is 5.91 Å². The average molecular weight is 365 g/mol. The Kier molecular flexibility index (Phi) is 4.35. The Labute approximate surface area is 156 Å². The number of pyridine rings is 1. The molecule has 2 N–H and O–H groups in total. The first-order chi connectivity index (χ1) is 13.1. The highest BCUT2D eigenvalue weighted by Crippen LogP contribution is 2.37. The van der Waals surface area contributed by atoms with Crippen LogP contribution in [-0.2, 0) is 17.9 Å². The average Bonchev–Trinajstić information content (AvgIpc) is 3.06. The van der Waals surface area contributed by atoms with Crippen molar-refractivity contribution in [2.45, 2.75) is 26.4 Å². The number of aromatic nitrogens is 3. The van der Waals surface area contributed by atoms with Gasteiger partial charge in [-0.15, -0.1) is 0 Å². The molecule has 6 nitrogen and oxygen atoms in total. The summed E-state index contributed by atoms with van der Waals surface area (Å²) in [4.78, 5) is 18.1. The highest BCUT2D eigenvalue weighted by Gasteiger charge is 2.27. The molecule has 7 heteroatoms. The minimum Gasteiger partial charge on any atom is -0.384 e. The number of carbonyl (C=O) groups excluding carboxylic acids is 1. The van der Waals surface area contributed by atoms with E-state index in [1.54, 1.807) is 24.4 Å². The Bertz CT molecular complexity index is 996. The van der Waals surface area contributed by atoms with E-state index in [4.69, 9.17) is 10.8 Å². The van der Waals surface area contributed by atoms with Crippen LogP contribution in [0.4, 0.5) is 10.2 Å². The SMILES string of the molecule is CCC(=O)N1CCn2nc(-c3ccc(F)cc3)c(-c3ccnc(N)c3)c2C1. The molecule has 0 fully saturated rings. The molecule has 0 atom stereocenters. The Balaban J connectivity index is 1.89. The van der Waals surface area contributed by atoms with Crippen LogP contribution in [0, 0.1) is 5.82 Å². The van der Waals surface area contributed by atoms with Crippen LogP contribution in [-0.4, -0.2) is 32.1 Å². The van der Waals surface area contributed by atoms with Crippen LogP contribution < -0.4 is 5.73 Å². The lowest BCUT2D eigenvalue weighted by atomic mass is 9.98. The summed E-state index contributed by atoms with van der Waals surface area (Å²) in [6.45, 7) is 3.60. The second-order valence-electron chi connectivity index (χ2n) is 6.54. The number of fused-ring (bicyclic) bond motifs is 1. The van der Waals surface area contributed by atoms with E-state index in [9.17, 15) is 9.18 Å². The first-order valence-electron chi connectivity index (χ1n) is 8.92. The molecule has 0 saturated carbocycles. The topological polar surface area (TPSA) is 77.0 Å². The highest BCUT2D eigenvalue weighted by molar-refractivity contribution is 5.84. The third-order valence-electron chi connectivity index (χ3n) is 4.82. The van der Waals surface area contributed by atoms with Crippen LogP contribution in [0.5, 0.6) is 0 Å². The lowest BCUT2D eigenvalue weighted by Crippen LogP contribution is -2.38. The molecule has 0 saturated heterocycles. The van der Waals surface area contributed by atoms with E-state index < -0.39 is 0 Å². The molecule has 0 spiro atoms. The van der Waals surface area contributed by atoms with Crippen molar-refractivity contribution in [3.63, 3.8) is 0 Å². The van der Waals surface area contributed by atoms with Gasteiger partial charge in [-0.25, -0.2) is 9.37 Å². The molecule has 1 aliphatic heterocycles. The molecule has 2 aromatic heterocycles. The molecule has 1 aliphatic rings. The highest BCUT2D eigenvalue weighted by atomic mass is 19.1. The van der Waals surface area contributed by atoms with E-state index in [1.165, 1.54) is 12.1 Å². The third kappa shape index (κ3) is 3.16. The summed E-state index contributed by atoms with van der Waals surface area (Å²) >= 11 is 0. The van der Waals surface area contributed by atoms with Crippen molar-refractivity contribution < 1.29 is 9.18 Å². The largest absolute Gasteiger partial charge is 0.384 e. The van der Waals surface area contributed by atoms with Crippen molar-refractivity contribution in [2.75, 3.05) is 12.3 Å². The minimum absolute atomic E-state index is 0.117. The number of hydrogen-bond donors (Lipinski definition) is 1. The maximum atomic E-state index is 13.4. The second-order valence-corrected chi connectivity index (χ2v) is 6.54. The summed E-state index contributed by atoms with van der Waals surface area (Å²) in [5.74, 6) is 0.234. The fourth-order valence-electron chi connectivity index (χ4n) is 3.47. The van der Waals surface area contributed by atoms with Crippen LogP contribution in [0.3, 0.4) is 0 Å². The minimum atomic E-state index is -0.294. The normalized spacial score (nSPS) is 13.5. The molecule has 0 radical (unpaired) electrons. The summed E-state index contributed by atoms with van der Waals surface area (Å²) in [6, 6.07) is 9.95. The van der Waals surface area contributed by atoms with Gasteiger partial charge in [0.15, 0.2) is 0 Å². The molecular formula is C20H20FN5O. The zero-order valence-corrected chi connectivity index (χ0v) is 15.0. The Morgan fingerprint density at radius 2 is 1.96 bits per heavy atom. The van der Waals surface area contributed by atoms with Crippen LogP contribution in [0.25, 0.3) is 22.4 Å². The first kappa shape index (κ1) is 17.2. The zero-order chi connectivity index (χ0) is 19.0. The number of rotatable bonds is 3. The summed E-state index contributed by atoms with van der Waals surface area (Å²) in [7, 11) is 0. The Morgan fingerprint density at radius 3 is 2.67 bits per heavy atom. The van der Waals surface area contributed by atoms with E-state index in [0.717, 1.165) is 28.1 Å². The smallest absolute Gasteiger partial charge is 0.222 e. The molecule has 1 amide bonds. The predicted molar refractivity (Wildman–Crippen MR) is 101 cm³/mol. The molecule has 1 aromatic carbocycles. The standard InChI is InChI=1S/C20H20FN5O/c1-2-18(27)25-9-10-26-16(12-25)19(14-7-8-23-17(22)11-14)20(24-26)13-3-5-15(21)6-4-13/h3-8,11H,2,9-10,12H2,1H3,(H2,22,23). The van der Waals surface area contributed by atoms with Crippen LogP contribution in [0.1, 0.15) is 19.0 Å². The van der Waals surface area contributed by atoms with E-state index >= 15 is 0 Å². The van der Waals surface area contributed by atoms with Gasteiger partial charge in [0.25, 0.3) is 0 Å². The summed E-state index contributed by atoms with van der Waals surface area (Å²) in [6.07, 6.45) is 2.12. The fraction of sp³-hybridized carbons (Fsp3) is 0.250. The number of halogens is 1. The van der Waals surface area contributed by atoms with E-state index in [2.05, 4.69) is 4.98 Å². The van der Waals surface area contributed by atoms with Gasteiger partial charge >= 0.3 is 0 Å². The van der Waals surface area contributed by atoms with Crippen LogP contribution >= 0.6 is 0 Å². The number of carbonyl (C=O) groups is 1. The predicted octanol–water partition coefficient (Wildman–Crippen LogP) is 3.09. The molecule has 3 heterocycles. The van der Waals surface area contributed by atoms with Gasteiger partial charge in [-0.2, -0.15) is 5.10 Å². The van der Waals surface area contributed by atoms with Gasteiger partial charge in [-0.1, -0.05) is 6.92 Å². The lowest BCUT2D eigenvalue weighted by Gasteiger charge is -2.28. The van der Waals surface area contributed by atoms with Crippen molar-refractivity contribution in [2.24, 2.45) is 0 Å². The zero-order valence-electron chi connectivity index (χ0n) is 15.0. The van der Waals surface area contributed by atoms with Gasteiger partial charge in [-0.3, -0.25) is 9.48 Å². The molecule has 4 rings (SSSR count). The first-order valence-corrected chi connectivity index (χ1v) is 8.92. The van der Waals surface area contributed by atoms with Crippen molar-refractivity contribution in [3.05, 3.63) is 54.1 Å². The Hall–Kier alpha value is -3.22. The molecule has 0 bridgehead atoms. The number of hydrogen-bond acceptors (Lipinski definition) is 4. The van der Waals surface area contributed by atoms with Crippen LogP contribution in [0.15, 0.2) is 42.6 Å². The molecule has 138 valence electrons. The van der Waals surface area contributed by atoms with Crippen molar-refractivity contribution in [3.8, 4) is 22.4 Å². The monoisotopic (exact) mass is 365 g/mol. The Morgan fingerprint density at radius 1 is 1.19 bits per heavy atom. The van der Waals surface area contributed by atoms with Gasteiger partial charge in [0.1, 0.15) is 17.3 Å². The number of nitrogens with two attached hydrogens (primary N) is 1. The van der Waals surface area contributed by atoms with Crippen LogP contribution in [0.2, 0.25) is 0 Å². The number of amides is 1. The third-order valence-corrected chi connectivity index (χ3v) is 4.82. The maximum Gasteiger partial charge on any atom is 0.222 e. The molecule has 3 aromatic rings. The van der Waals surface area contributed by atoms with Gasteiger partial charge in [-0.05, 0) is 42.0 Å². The van der Waals surface area contributed by atoms with Gasteiger partial charge in [0, 0.05) is 30.3 Å². The maximum absolute atomic E-state index is 13.4. The lowest BCUT2D eigenvalue weighted by molar-refractivity contribution is -0.132. The van der Waals surface area contributed by atoms with Crippen molar-refractivity contribution in [1.82, 2.24) is 19.7 Å². The second kappa shape index (κ2) is 6.83. The fourth-order valence-corrected chi connectivity index (χ4v) is 3.47. The summed E-state index contributed by atoms with van der Waals surface area (Å²) < 4.78 is 15.3. The number of benzene rings is 1. The molecule has 27 heavy (non-hydrogen) atoms. The van der Waals surface area contributed by atoms with Gasteiger partial charge < -0.3 is 10.6 Å². The van der Waals surface area contributed by atoms with E-state index in [-0.39, 0.29) is 11.7 Å². The number of anilines is 1.